The van der Waals surface area contributed by atoms with Crippen molar-refractivity contribution in [1.82, 2.24) is 34.6 Å². The zero-order chi connectivity index (χ0) is 29.9. The number of piperidine rings is 1. The molecule has 2 N–H and O–H groups in total. The second-order valence-corrected chi connectivity index (χ2v) is 14.9. The van der Waals surface area contributed by atoms with Crippen LogP contribution in [0.1, 0.15) is 56.5 Å². The predicted molar refractivity (Wildman–Crippen MR) is 156 cm³/mol. The number of aromatic amines is 1. The van der Waals surface area contributed by atoms with Gasteiger partial charge in [-0.05, 0) is 57.7 Å². The molecule has 6 rings (SSSR count). The van der Waals surface area contributed by atoms with Crippen LogP contribution in [0.3, 0.4) is 0 Å². The fourth-order valence-electron chi connectivity index (χ4n) is 5.57. The number of imidazole rings is 1. The van der Waals surface area contributed by atoms with Crippen LogP contribution in [0.2, 0.25) is 5.15 Å². The second kappa shape index (κ2) is 10.8. The molecule has 0 unspecified atom stereocenters. The lowest BCUT2D eigenvalue weighted by atomic mass is 9.73. The van der Waals surface area contributed by atoms with Crippen molar-refractivity contribution >= 4 is 52.0 Å². The molecule has 1 aliphatic heterocycles. The summed E-state index contributed by atoms with van der Waals surface area (Å²) in [4.78, 5) is 26.9. The standard InChI is InChI=1S/C27H28ClF3N8OS2/c1-25(2,3)42(40)38-20-15-5-4-9-32-16(15)13-26(20)7-11-39(12-8-26)24-36-22-23(37-24)35-18(14-34-22)41-17-6-10-33-21(28)19(17)27(29,30)31/h4-6,9-10,14,20,38H,7-8,11-13H2,1-3H3,(H,34,35,36,37)/t20-,42-/m1/s1. The third-order valence-corrected chi connectivity index (χ3v) is 10.6. The molecule has 2 atom stereocenters. The van der Waals surface area contributed by atoms with E-state index in [1.54, 1.807) is 6.20 Å². The maximum absolute atomic E-state index is 13.6. The van der Waals surface area contributed by atoms with E-state index >= 15 is 0 Å². The van der Waals surface area contributed by atoms with Crippen LogP contribution in [-0.4, -0.2) is 52.3 Å². The first-order chi connectivity index (χ1) is 19.8. The van der Waals surface area contributed by atoms with Crippen LogP contribution < -0.4 is 9.62 Å². The van der Waals surface area contributed by atoms with Crippen LogP contribution in [0.15, 0.2) is 46.7 Å². The van der Waals surface area contributed by atoms with Gasteiger partial charge in [-0.25, -0.2) is 15.0 Å². The van der Waals surface area contributed by atoms with Gasteiger partial charge in [0, 0.05) is 52.8 Å². The number of hydrogen-bond acceptors (Lipinski definition) is 9. The highest BCUT2D eigenvalue weighted by molar-refractivity contribution is 7.99. The summed E-state index contributed by atoms with van der Waals surface area (Å²) < 4.78 is 56.9. The van der Waals surface area contributed by atoms with Gasteiger partial charge < -0.3 is 14.4 Å². The van der Waals surface area contributed by atoms with E-state index in [0.29, 0.717) is 30.3 Å². The number of fused-ring (bicyclic) bond motifs is 2. The van der Waals surface area contributed by atoms with Gasteiger partial charge in [-0.2, -0.15) is 18.2 Å². The molecule has 0 radical (unpaired) electrons. The molecule has 4 aromatic rings. The molecule has 222 valence electrons. The van der Waals surface area contributed by atoms with Gasteiger partial charge in [0.25, 0.3) is 0 Å². The number of rotatable bonds is 5. The summed E-state index contributed by atoms with van der Waals surface area (Å²) in [5.74, 6) is 0.598. The molecule has 1 spiro atoms. The zero-order valence-electron chi connectivity index (χ0n) is 23.0. The van der Waals surface area contributed by atoms with E-state index in [1.807, 2.05) is 26.8 Å². The summed E-state index contributed by atoms with van der Waals surface area (Å²) in [5, 5.41) is -0.363. The van der Waals surface area contributed by atoms with E-state index < -0.39 is 33.0 Å². The number of halogens is 4. The van der Waals surface area contributed by atoms with Crippen molar-refractivity contribution in [3.63, 3.8) is 0 Å². The number of aromatic nitrogens is 6. The van der Waals surface area contributed by atoms with Crippen molar-refractivity contribution in [1.29, 1.82) is 0 Å². The molecule has 5 heterocycles. The Hall–Kier alpha value is -2.65. The highest BCUT2D eigenvalue weighted by atomic mass is 35.5. The number of hydrogen-bond donors (Lipinski definition) is 2. The van der Waals surface area contributed by atoms with Crippen LogP contribution in [0.25, 0.3) is 11.3 Å². The van der Waals surface area contributed by atoms with Gasteiger partial charge in [-0.1, -0.05) is 29.4 Å². The van der Waals surface area contributed by atoms with E-state index in [2.05, 4.69) is 45.6 Å². The maximum Gasteiger partial charge on any atom is 0.420 e. The minimum atomic E-state index is -4.66. The maximum atomic E-state index is 13.6. The largest absolute Gasteiger partial charge is 0.598 e. The molecule has 1 saturated heterocycles. The number of H-pyrrole nitrogens is 1. The van der Waals surface area contributed by atoms with Gasteiger partial charge in [0.1, 0.15) is 20.5 Å². The normalized spacial score (nSPS) is 19.4. The van der Waals surface area contributed by atoms with Crippen LogP contribution >= 0.6 is 23.4 Å². The first-order valence-electron chi connectivity index (χ1n) is 13.3. The van der Waals surface area contributed by atoms with Gasteiger partial charge in [0.05, 0.1) is 12.2 Å². The van der Waals surface area contributed by atoms with Gasteiger partial charge in [-0.15, -0.1) is 4.72 Å². The predicted octanol–water partition coefficient (Wildman–Crippen LogP) is 5.90. The number of nitrogens with one attached hydrogen (secondary N) is 2. The molecule has 1 fully saturated rings. The Morgan fingerprint density at radius 1 is 1.12 bits per heavy atom. The summed E-state index contributed by atoms with van der Waals surface area (Å²) in [6.07, 6.45) is 2.22. The molecule has 9 nitrogen and oxygen atoms in total. The van der Waals surface area contributed by atoms with Crippen molar-refractivity contribution in [3.05, 3.63) is 58.8 Å². The van der Waals surface area contributed by atoms with Gasteiger partial charge in [0.15, 0.2) is 11.3 Å². The van der Waals surface area contributed by atoms with E-state index in [1.165, 1.54) is 18.5 Å². The van der Waals surface area contributed by atoms with Crippen molar-refractivity contribution in [2.75, 3.05) is 18.0 Å². The molecule has 0 aromatic carbocycles. The first kappa shape index (κ1) is 29.4. The van der Waals surface area contributed by atoms with Crippen LogP contribution in [0.5, 0.6) is 0 Å². The summed E-state index contributed by atoms with van der Waals surface area (Å²) in [6.45, 7) is 7.26. The highest BCUT2D eigenvalue weighted by Gasteiger charge is 2.51. The Labute approximate surface area is 252 Å². The van der Waals surface area contributed by atoms with Gasteiger partial charge in [0.2, 0.25) is 5.95 Å². The average molecular weight is 637 g/mol. The molecule has 0 bridgehead atoms. The fourth-order valence-corrected chi connectivity index (χ4v) is 7.74. The molecule has 42 heavy (non-hydrogen) atoms. The Morgan fingerprint density at radius 3 is 2.60 bits per heavy atom. The van der Waals surface area contributed by atoms with Crippen molar-refractivity contribution in [2.45, 2.75) is 66.9 Å². The lowest BCUT2D eigenvalue weighted by molar-refractivity contribution is -0.139. The summed E-state index contributed by atoms with van der Waals surface area (Å²) in [5.41, 5.74) is 1.75. The Bertz CT molecular complexity index is 1620. The van der Waals surface area contributed by atoms with Crippen molar-refractivity contribution in [3.8, 4) is 0 Å². The molecule has 4 aromatic heterocycles. The number of pyridine rings is 2. The Morgan fingerprint density at radius 2 is 1.88 bits per heavy atom. The third kappa shape index (κ3) is 5.54. The second-order valence-electron chi connectivity index (χ2n) is 11.5. The Kier molecular flexibility index (Phi) is 7.57. The van der Waals surface area contributed by atoms with Crippen LogP contribution in [0.4, 0.5) is 19.1 Å². The smallest absolute Gasteiger partial charge is 0.420 e. The van der Waals surface area contributed by atoms with E-state index in [9.17, 15) is 17.7 Å². The number of nitrogens with zero attached hydrogens (tertiary/aromatic N) is 6. The van der Waals surface area contributed by atoms with Gasteiger partial charge in [-0.3, -0.25) is 4.98 Å². The van der Waals surface area contributed by atoms with Gasteiger partial charge >= 0.3 is 6.18 Å². The molecule has 0 amide bonds. The van der Waals surface area contributed by atoms with E-state index in [0.717, 1.165) is 42.3 Å². The zero-order valence-corrected chi connectivity index (χ0v) is 25.4. The van der Waals surface area contributed by atoms with Crippen LogP contribution in [-0.2, 0) is 24.0 Å². The summed E-state index contributed by atoms with van der Waals surface area (Å²) >= 11 is 5.32. The quantitative estimate of drug-likeness (QED) is 0.204. The van der Waals surface area contributed by atoms with E-state index in [4.69, 9.17) is 11.6 Å². The highest BCUT2D eigenvalue weighted by Crippen LogP contribution is 2.52. The number of anilines is 1. The minimum Gasteiger partial charge on any atom is -0.598 e. The lowest BCUT2D eigenvalue weighted by Gasteiger charge is -2.43. The fraction of sp³-hybridized carbons (Fsp3) is 0.444. The topological polar surface area (TPSA) is 119 Å². The molecule has 2 aliphatic rings. The third-order valence-electron chi connectivity index (χ3n) is 7.75. The van der Waals surface area contributed by atoms with Crippen molar-refractivity contribution < 1.29 is 17.7 Å². The van der Waals surface area contributed by atoms with Crippen molar-refractivity contribution in [2.24, 2.45) is 5.41 Å². The Balaban J connectivity index is 1.21. The van der Waals surface area contributed by atoms with Crippen LogP contribution in [0, 0.1) is 5.41 Å². The molecule has 15 heteroatoms. The van der Waals surface area contributed by atoms with E-state index in [-0.39, 0.29) is 21.4 Å². The monoisotopic (exact) mass is 636 g/mol. The SMILES string of the molecule is CC(C)(C)[S@@+]([O-])N[C@@H]1c2cccnc2CC12CCN(c1nc3nc(Sc4ccnc(Cl)c4C(F)(F)F)cnc3[nH]1)CC2. The number of alkyl halides is 3. The first-order valence-corrected chi connectivity index (χ1v) is 15.7. The molecule has 0 saturated carbocycles. The summed E-state index contributed by atoms with van der Waals surface area (Å²) in [6, 6.07) is 5.17. The lowest BCUT2D eigenvalue weighted by Crippen LogP contribution is -2.49. The molecular formula is C27H28ClF3N8OS2. The minimum absolute atomic E-state index is 0.0784. The average Bonchev–Trinajstić information content (AvgIpc) is 3.47. The molecule has 1 aliphatic carbocycles. The summed E-state index contributed by atoms with van der Waals surface area (Å²) in [7, 11) is 0. The molecular weight excluding hydrogens is 609 g/mol.